The van der Waals surface area contributed by atoms with Crippen LogP contribution in [0, 0.1) is 0 Å². The van der Waals surface area contributed by atoms with Crippen LogP contribution >= 0.6 is 0 Å². The molecule has 1 aromatic rings. The quantitative estimate of drug-likeness (QED) is 0.368. The van der Waals surface area contributed by atoms with Gasteiger partial charge in [-0.25, -0.2) is 0 Å². The average molecular weight is 337 g/mol. The predicted molar refractivity (Wildman–Crippen MR) is 99.5 cm³/mol. The summed E-state index contributed by atoms with van der Waals surface area (Å²) in [5, 5.41) is 6.51. The summed E-state index contributed by atoms with van der Waals surface area (Å²) in [6.45, 7) is 7.31. The first kappa shape index (κ1) is 20.1. The molecule has 0 spiro atoms. The molecule has 0 aliphatic carbocycles. The summed E-state index contributed by atoms with van der Waals surface area (Å²) < 4.78 is 16.1. The van der Waals surface area contributed by atoms with E-state index < -0.39 is 0 Å². The minimum atomic E-state index is 0.683. The fraction of sp³-hybridized carbons (Fsp3) is 0.611. The number of guanidine groups is 1. The Morgan fingerprint density at radius 1 is 1.04 bits per heavy atom. The Kier molecular flexibility index (Phi) is 10.4. The second kappa shape index (κ2) is 12.5. The molecule has 1 aromatic carbocycles. The smallest absolute Gasteiger partial charge is 0.195 e. The van der Waals surface area contributed by atoms with Crippen molar-refractivity contribution in [3.63, 3.8) is 0 Å². The molecule has 0 heterocycles. The van der Waals surface area contributed by atoms with Crippen LogP contribution in [-0.2, 0) is 4.74 Å². The highest BCUT2D eigenvalue weighted by Gasteiger charge is 2.06. The first-order valence-electron chi connectivity index (χ1n) is 8.60. The van der Waals surface area contributed by atoms with E-state index in [1.54, 1.807) is 14.2 Å². The van der Waals surface area contributed by atoms with Gasteiger partial charge in [-0.05, 0) is 31.9 Å². The van der Waals surface area contributed by atoms with Crippen LogP contribution in [0.15, 0.2) is 23.2 Å². The number of hydrogen-bond acceptors (Lipinski definition) is 4. The van der Waals surface area contributed by atoms with Crippen molar-refractivity contribution in [3.05, 3.63) is 18.2 Å². The molecule has 6 nitrogen and oxygen atoms in total. The number of nitrogens with zero attached hydrogens (tertiary/aromatic N) is 1. The lowest BCUT2D eigenvalue weighted by molar-refractivity contribution is 0.130. The van der Waals surface area contributed by atoms with Crippen LogP contribution in [0.5, 0.6) is 11.5 Å². The van der Waals surface area contributed by atoms with Gasteiger partial charge in [-0.2, -0.15) is 0 Å². The van der Waals surface area contributed by atoms with Gasteiger partial charge >= 0.3 is 0 Å². The van der Waals surface area contributed by atoms with Crippen molar-refractivity contribution in [1.29, 1.82) is 0 Å². The molecule has 0 unspecified atom stereocenters. The number of hydrogen-bond donors (Lipinski definition) is 2. The minimum Gasteiger partial charge on any atom is -0.493 e. The molecule has 136 valence electrons. The third-order valence-electron chi connectivity index (χ3n) is 3.35. The molecule has 0 aliphatic rings. The molecule has 0 fully saturated rings. The summed E-state index contributed by atoms with van der Waals surface area (Å²) in [6, 6.07) is 5.69. The van der Waals surface area contributed by atoms with E-state index in [9.17, 15) is 0 Å². The number of nitrogens with one attached hydrogen (secondary N) is 2. The number of methoxy groups -OCH3 is 2. The number of aliphatic imine (C=N–C) groups is 1. The van der Waals surface area contributed by atoms with Crippen molar-refractivity contribution in [2.45, 2.75) is 33.1 Å². The summed E-state index contributed by atoms with van der Waals surface area (Å²) in [5.41, 5.74) is 0.895. The molecule has 6 heteroatoms. The van der Waals surface area contributed by atoms with Crippen molar-refractivity contribution in [3.8, 4) is 11.5 Å². The van der Waals surface area contributed by atoms with Crippen LogP contribution in [0.3, 0.4) is 0 Å². The van der Waals surface area contributed by atoms with Crippen LogP contribution in [0.25, 0.3) is 0 Å². The highest BCUT2D eigenvalue weighted by atomic mass is 16.5. The molecular formula is C18H31N3O3. The molecule has 0 amide bonds. The van der Waals surface area contributed by atoms with Gasteiger partial charge in [-0.3, -0.25) is 4.99 Å². The summed E-state index contributed by atoms with van der Waals surface area (Å²) in [4.78, 5) is 4.57. The van der Waals surface area contributed by atoms with Crippen LogP contribution in [-0.4, -0.2) is 46.5 Å². The Morgan fingerprint density at radius 2 is 1.79 bits per heavy atom. The maximum absolute atomic E-state index is 5.55. The topological polar surface area (TPSA) is 64.1 Å². The molecule has 24 heavy (non-hydrogen) atoms. The number of ether oxygens (including phenoxy) is 3. The fourth-order valence-corrected chi connectivity index (χ4v) is 2.06. The van der Waals surface area contributed by atoms with E-state index >= 15 is 0 Å². The Bertz CT molecular complexity index is 492. The highest BCUT2D eigenvalue weighted by molar-refractivity contribution is 5.93. The first-order valence-corrected chi connectivity index (χ1v) is 8.60. The summed E-state index contributed by atoms with van der Waals surface area (Å²) in [6.07, 6.45) is 3.19. The molecule has 0 aromatic heterocycles. The van der Waals surface area contributed by atoms with E-state index in [2.05, 4.69) is 22.5 Å². The van der Waals surface area contributed by atoms with Gasteiger partial charge < -0.3 is 24.8 Å². The van der Waals surface area contributed by atoms with E-state index in [4.69, 9.17) is 14.2 Å². The van der Waals surface area contributed by atoms with Crippen molar-refractivity contribution in [2.75, 3.05) is 45.8 Å². The predicted octanol–water partition coefficient (Wildman–Crippen LogP) is 3.29. The zero-order valence-corrected chi connectivity index (χ0v) is 15.4. The van der Waals surface area contributed by atoms with Gasteiger partial charge in [0.2, 0.25) is 0 Å². The molecule has 0 radical (unpaired) electrons. The van der Waals surface area contributed by atoms with Gasteiger partial charge in [0.15, 0.2) is 17.5 Å². The highest BCUT2D eigenvalue weighted by Crippen LogP contribution is 2.29. The summed E-state index contributed by atoms with van der Waals surface area (Å²) >= 11 is 0. The van der Waals surface area contributed by atoms with E-state index in [-0.39, 0.29) is 0 Å². The lowest BCUT2D eigenvalue weighted by Crippen LogP contribution is -2.30. The lowest BCUT2D eigenvalue weighted by atomic mass is 10.3. The Hall–Kier alpha value is -1.95. The maximum atomic E-state index is 5.55. The zero-order valence-electron chi connectivity index (χ0n) is 15.4. The number of rotatable bonds is 11. The molecular weight excluding hydrogens is 306 g/mol. The Morgan fingerprint density at radius 3 is 2.46 bits per heavy atom. The van der Waals surface area contributed by atoms with Crippen LogP contribution in [0.4, 0.5) is 5.69 Å². The van der Waals surface area contributed by atoms with Gasteiger partial charge in [0.25, 0.3) is 0 Å². The van der Waals surface area contributed by atoms with Gasteiger partial charge in [-0.1, -0.05) is 13.3 Å². The molecule has 0 saturated heterocycles. The van der Waals surface area contributed by atoms with Crippen LogP contribution < -0.4 is 20.1 Å². The van der Waals surface area contributed by atoms with E-state index in [1.165, 1.54) is 0 Å². The first-order chi connectivity index (χ1) is 11.7. The van der Waals surface area contributed by atoms with E-state index in [0.29, 0.717) is 11.5 Å². The third kappa shape index (κ3) is 7.55. The number of benzene rings is 1. The minimum absolute atomic E-state index is 0.683. The van der Waals surface area contributed by atoms with Crippen molar-refractivity contribution in [2.24, 2.45) is 4.99 Å². The largest absolute Gasteiger partial charge is 0.493 e. The van der Waals surface area contributed by atoms with Gasteiger partial charge in [-0.15, -0.1) is 0 Å². The van der Waals surface area contributed by atoms with Crippen molar-refractivity contribution < 1.29 is 14.2 Å². The van der Waals surface area contributed by atoms with Gasteiger partial charge in [0.1, 0.15) is 0 Å². The number of anilines is 1. The molecule has 0 aliphatic heterocycles. The normalized spacial score (nSPS) is 11.2. The van der Waals surface area contributed by atoms with Gasteiger partial charge in [0, 0.05) is 38.1 Å². The molecule has 0 bridgehead atoms. The molecule has 2 N–H and O–H groups in total. The standard InChI is InChI=1S/C18H31N3O3/c1-5-7-12-24-13-8-11-20-18(19-6-2)21-15-9-10-16(22-3)17(14-15)23-4/h9-10,14H,5-8,11-13H2,1-4H3,(H2,19,20,21). The molecule has 1 rings (SSSR count). The maximum Gasteiger partial charge on any atom is 0.195 e. The van der Waals surface area contributed by atoms with Gasteiger partial charge in [0.05, 0.1) is 14.2 Å². The lowest BCUT2D eigenvalue weighted by Gasteiger charge is -2.13. The third-order valence-corrected chi connectivity index (χ3v) is 3.35. The van der Waals surface area contributed by atoms with Crippen LogP contribution in [0.2, 0.25) is 0 Å². The molecule has 0 saturated carbocycles. The number of unbranched alkanes of at least 4 members (excludes halogenated alkanes) is 1. The second-order valence-electron chi connectivity index (χ2n) is 5.27. The summed E-state index contributed by atoms with van der Waals surface area (Å²) in [5.74, 6) is 2.13. The summed E-state index contributed by atoms with van der Waals surface area (Å²) in [7, 11) is 3.25. The Labute approximate surface area is 145 Å². The second-order valence-corrected chi connectivity index (χ2v) is 5.27. The van der Waals surface area contributed by atoms with E-state index in [0.717, 1.165) is 57.2 Å². The zero-order chi connectivity index (χ0) is 17.6. The Balaban J connectivity index is 2.54. The average Bonchev–Trinajstić information content (AvgIpc) is 2.60. The SMILES string of the molecule is CCCCOCCCN=C(NCC)Nc1ccc(OC)c(OC)c1. The van der Waals surface area contributed by atoms with Crippen molar-refractivity contribution >= 4 is 11.6 Å². The van der Waals surface area contributed by atoms with E-state index in [1.807, 2.05) is 25.1 Å². The van der Waals surface area contributed by atoms with Crippen LogP contribution in [0.1, 0.15) is 33.1 Å². The van der Waals surface area contributed by atoms with Crippen molar-refractivity contribution in [1.82, 2.24) is 5.32 Å². The fourth-order valence-electron chi connectivity index (χ4n) is 2.06. The monoisotopic (exact) mass is 337 g/mol. The molecule has 0 atom stereocenters.